The monoisotopic (exact) mass is 285 g/mol. The summed E-state index contributed by atoms with van der Waals surface area (Å²) >= 11 is 0. The van der Waals surface area contributed by atoms with Crippen LogP contribution in [0.2, 0.25) is 0 Å². The van der Waals surface area contributed by atoms with Crippen molar-refractivity contribution >= 4 is 11.6 Å². The van der Waals surface area contributed by atoms with Crippen molar-refractivity contribution in [1.29, 1.82) is 0 Å². The lowest BCUT2D eigenvalue weighted by Gasteiger charge is -2.36. The summed E-state index contributed by atoms with van der Waals surface area (Å²) in [4.78, 5) is 16.5. The number of carbonyl (C=O) groups excluding carboxylic acids is 1. The van der Waals surface area contributed by atoms with Gasteiger partial charge in [-0.3, -0.25) is 4.79 Å². The minimum Gasteiger partial charge on any atom is -0.467 e. The third-order valence-electron chi connectivity index (χ3n) is 3.79. The Morgan fingerprint density at radius 3 is 2.48 bits per heavy atom. The van der Waals surface area contributed by atoms with Gasteiger partial charge in [0.05, 0.1) is 12.1 Å². The van der Waals surface area contributed by atoms with Gasteiger partial charge in [-0.25, -0.2) is 0 Å². The molecule has 1 aromatic heterocycles. The summed E-state index contributed by atoms with van der Waals surface area (Å²) in [7, 11) is 0. The van der Waals surface area contributed by atoms with Crippen LogP contribution >= 0.6 is 0 Å². The van der Waals surface area contributed by atoms with Crippen LogP contribution in [0.4, 0.5) is 5.69 Å². The zero-order chi connectivity index (χ0) is 14.7. The van der Waals surface area contributed by atoms with Crippen LogP contribution < -0.4 is 10.6 Å². The topological polar surface area (TPSA) is 62.7 Å². The molecule has 0 aliphatic carbocycles. The number of para-hydroxylation sites is 1. The zero-order valence-electron chi connectivity index (χ0n) is 11.9. The Hall–Kier alpha value is -2.27. The number of nitrogens with zero attached hydrogens (tertiary/aromatic N) is 2. The number of benzene rings is 1. The molecule has 1 aromatic carbocycles. The molecule has 2 heterocycles. The van der Waals surface area contributed by atoms with E-state index in [9.17, 15) is 4.79 Å². The minimum absolute atomic E-state index is 0.0196. The lowest BCUT2D eigenvalue weighted by molar-refractivity contribution is 0.0746. The molecule has 0 unspecified atom stereocenters. The number of anilines is 1. The second kappa shape index (κ2) is 6.01. The van der Waals surface area contributed by atoms with Crippen LogP contribution in [0.25, 0.3) is 0 Å². The van der Waals surface area contributed by atoms with Crippen molar-refractivity contribution in [3.63, 3.8) is 0 Å². The van der Waals surface area contributed by atoms with Gasteiger partial charge in [-0.15, -0.1) is 0 Å². The quantitative estimate of drug-likeness (QED) is 0.932. The molecular formula is C16H19N3O2. The fraction of sp³-hybridized carbons (Fsp3) is 0.312. The maximum atomic E-state index is 12.4. The summed E-state index contributed by atoms with van der Waals surface area (Å²) in [5, 5.41) is 0. The van der Waals surface area contributed by atoms with Gasteiger partial charge < -0.3 is 20.0 Å². The predicted molar refractivity (Wildman–Crippen MR) is 81.2 cm³/mol. The van der Waals surface area contributed by atoms with Crippen molar-refractivity contribution in [2.24, 2.45) is 5.73 Å². The Balaban J connectivity index is 1.61. The SMILES string of the molecule is NCc1cc(C(=O)N2CCN(c3ccccc3)CC2)co1. The second-order valence-corrected chi connectivity index (χ2v) is 5.12. The average molecular weight is 285 g/mol. The molecule has 0 saturated carbocycles. The van der Waals surface area contributed by atoms with E-state index in [1.807, 2.05) is 23.1 Å². The molecule has 5 nitrogen and oxygen atoms in total. The highest BCUT2D eigenvalue weighted by atomic mass is 16.3. The van der Waals surface area contributed by atoms with Gasteiger partial charge in [0.1, 0.15) is 12.0 Å². The number of amides is 1. The van der Waals surface area contributed by atoms with Crippen LogP contribution in [0, 0.1) is 0 Å². The normalized spacial score (nSPS) is 15.3. The molecule has 1 fully saturated rings. The predicted octanol–water partition coefficient (Wildman–Crippen LogP) is 1.70. The summed E-state index contributed by atoms with van der Waals surface area (Å²) in [6.07, 6.45) is 1.49. The summed E-state index contributed by atoms with van der Waals surface area (Å²) in [6.45, 7) is 3.44. The molecule has 0 radical (unpaired) electrons. The van der Waals surface area contributed by atoms with Crippen molar-refractivity contribution in [3.8, 4) is 0 Å². The largest absolute Gasteiger partial charge is 0.467 e. The number of hydrogen-bond donors (Lipinski definition) is 1. The van der Waals surface area contributed by atoms with Gasteiger partial charge in [-0.2, -0.15) is 0 Å². The Morgan fingerprint density at radius 2 is 1.86 bits per heavy atom. The maximum Gasteiger partial charge on any atom is 0.257 e. The number of carbonyl (C=O) groups is 1. The van der Waals surface area contributed by atoms with Gasteiger partial charge in [0.15, 0.2) is 0 Å². The molecule has 1 aliphatic rings. The smallest absolute Gasteiger partial charge is 0.257 e. The van der Waals surface area contributed by atoms with Gasteiger partial charge in [0.25, 0.3) is 5.91 Å². The highest BCUT2D eigenvalue weighted by molar-refractivity contribution is 5.94. The molecule has 1 amide bonds. The first-order valence-corrected chi connectivity index (χ1v) is 7.14. The summed E-state index contributed by atoms with van der Waals surface area (Å²) in [5.41, 5.74) is 7.29. The lowest BCUT2D eigenvalue weighted by atomic mass is 10.2. The molecule has 2 N–H and O–H groups in total. The molecule has 1 saturated heterocycles. The number of rotatable bonds is 3. The van der Waals surface area contributed by atoms with Gasteiger partial charge in [0.2, 0.25) is 0 Å². The zero-order valence-corrected chi connectivity index (χ0v) is 11.9. The van der Waals surface area contributed by atoms with E-state index in [1.165, 1.54) is 12.0 Å². The highest BCUT2D eigenvalue weighted by Crippen LogP contribution is 2.17. The van der Waals surface area contributed by atoms with Crippen molar-refractivity contribution in [1.82, 2.24) is 4.90 Å². The van der Waals surface area contributed by atoms with Gasteiger partial charge >= 0.3 is 0 Å². The van der Waals surface area contributed by atoms with E-state index < -0.39 is 0 Å². The van der Waals surface area contributed by atoms with Crippen LogP contribution in [0.1, 0.15) is 16.1 Å². The molecule has 0 atom stereocenters. The summed E-state index contributed by atoms with van der Waals surface area (Å²) in [6, 6.07) is 12.0. The van der Waals surface area contributed by atoms with E-state index in [-0.39, 0.29) is 5.91 Å². The third kappa shape index (κ3) is 2.92. The molecule has 5 heteroatoms. The van der Waals surface area contributed by atoms with Crippen molar-refractivity contribution in [2.45, 2.75) is 6.54 Å². The number of nitrogens with two attached hydrogens (primary N) is 1. The fourth-order valence-corrected chi connectivity index (χ4v) is 2.59. The third-order valence-corrected chi connectivity index (χ3v) is 3.79. The van der Waals surface area contributed by atoms with E-state index in [1.54, 1.807) is 6.07 Å². The van der Waals surface area contributed by atoms with Crippen LogP contribution in [0.5, 0.6) is 0 Å². The molecular weight excluding hydrogens is 266 g/mol. The number of furan rings is 1. The van der Waals surface area contributed by atoms with E-state index in [4.69, 9.17) is 10.2 Å². The number of piperazine rings is 1. The van der Waals surface area contributed by atoms with E-state index in [0.717, 1.165) is 26.2 Å². The molecule has 3 rings (SSSR count). The molecule has 2 aromatic rings. The van der Waals surface area contributed by atoms with Crippen LogP contribution in [0.3, 0.4) is 0 Å². The minimum atomic E-state index is 0.0196. The van der Waals surface area contributed by atoms with E-state index in [0.29, 0.717) is 17.9 Å². The maximum absolute atomic E-state index is 12.4. The van der Waals surface area contributed by atoms with Gasteiger partial charge in [0, 0.05) is 31.9 Å². The van der Waals surface area contributed by atoms with Crippen molar-refractivity contribution in [2.75, 3.05) is 31.1 Å². The first kappa shape index (κ1) is 13.7. The first-order chi connectivity index (χ1) is 10.3. The summed E-state index contributed by atoms with van der Waals surface area (Å²) < 4.78 is 5.23. The average Bonchev–Trinajstić information content (AvgIpc) is 3.04. The van der Waals surface area contributed by atoms with Crippen LogP contribution in [-0.4, -0.2) is 37.0 Å². The lowest BCUT2D eigenvalue weighted by Crippen LogP contribution is -2.48. The van der Waals surface area contributed by atoms with Crippen LogP contribution in [-0.2, 0) is 6.54 Å². The Morgan fingerprint density at radius 1 is 1.14 bits per heavy atom. The standard InChI is InChI=1S/C16H19N3O2/c17-11-15-10-13(12-21-15)16(20)19-8-6-18(7-9-19)14-4-2-1-3-5-14/h1-5,10,12H,6-9,11,17H2. The van der Waals surface area contributed by atoms with Gasteiger partial charge in [-0.05, 0) is 18.2 Å². The highest BCUT2D eigenvalue weighted by Gasteiger charge is 2.23. The molecule has 0 bridgehead atoms. The van der Waals surface area contributed by atoms with E-state index in [2.05, 4.69) is 17.0 Å². The molecule has 1 aliphatic heterocycles. The van der Waals surface area contributed by atoms with E-state index >= 15 is 0 Å². The fourth-order valence-electron chi connectivity index (χ4n) is 2.59. The van der Waals surface area contributed by atoms with Crippen molar-refractivity contribution in [3.05, 3.63) is 54.0 Å². The molecule has 21 heavy (non-hydrogen) atoms. The summed E-state index contributed by atoms with van der Waals surface area (Å²) in [5.74, 6) is 0.660. The Labute approximate surface area is 123 Å². The molecule has 0 spiro atoms. The number of hydrogen-bond acceptors (Lipinski definition) is 4. The second-order valence-electron chi connectivity index (χ2n) is 5.12. The Kier molecular flexibility index (Phi) is 3.92. The van der Waals surface area contributed by atoms with Crippen molar-refractivity contribution < 1.29 is 9.21 Å². The Bertz CT molecular complexity index is 601. The molecule has 110 valence electrons. The van der Waals surface area contributed by atoms with Gasteiger partial charge in [-0.1, -0.05) is 18.2 Å². The first-order valence-electron chi connectivity index (χ1n) is 7.14. The van der Waals surface area contributed by atoms with Crippen LogP contribution in [0.15, 0.2) is 47.1 Å².